The number of benzene rings is 1. The van der Waals surface area contributed by atoms with E-state index in [-0.39, 0.29) is 24.4 Å². The molecular formula is C16H17N3O2S. The van der Waals surface area contributed by atoms with Crippen molar-refractivity contribution in [2.45, 2.75) is 19.4 Å². The molecule has 0 bridgehead atoms. The molecule has 1 atom stereocenters. The van der Waals surface area contributed by atoms with Crippen LogP contribution in [0.25, 0.3) is 0 Å². The van der Waals surface area contributed by atoms with Crippen LogP contribution in [0.2, 0.25) is 0 Å². The minimum atomic E-state index is -0.157. The topological polar surface area (TPSA) is 62.3 Å². The summed E-state index contributed by atoms with van der Waals surface area (Å²) in [5, 5.41) is 5.63. The van der Waals surface area contributed by atoms with Crippen LogP contribution in [0.1, 0.15) is 33.9 Å². The Balaban J connectivity index is 1.62. The molecule has 1 aromatic carbocycles. The number of carbonyl (C=O) groups is 2. The molecule has 22 heavy (non-hydrogen) atoms. The molecule has 6 heteroatoms. The second kappa shape index (κ2) is 6.27. The summed E-state index contributed by atoms with van der Waals surface area (Å²) in [4.78, 5) is 30.3. The number of carbonyl (C=O) groups excluding carboxylic acids is 2. The van der Waals surface area contributed by atoms with Crippen molar-refractivity contribution in [2.24, 2.45) is 0 Å². The Bertz CT molecular complexity index is 684. The van der Waals surface area contributed by atoms with E-state index in [9.17, 15) is 9.59 Å². The molecule has 0 radical (unpaired) electrons. The van der Waals surface area contributed by atoms with Gasteiger partial charge in [0, 0.05) is 23.7 Å². The zero-order chi connectivity index (χ0) is 15.5. The summed E-state index contributed by atoms with van der Waals surface area (Å²) in [6.07, 6.45) is 2.50. The molecule has 0 saturated heterocycles. The van der Waals surface area contributed by atoms with Crippen LogP contribution < -0.4 is 5.32 Å². The fraction of sp³-hybridized carbons (Fsp3) is 0.312. The SMILES string of the molecule is CC(NC(=O)CN1CCc2ccccc2C1=O)c1nccs1. The van der Waals surface area contributed by atoms with E-state index in [1.165, 1.54) is 11.3 Å². The maximum Gasteiger partial charge on any atom is 0.254 e. The van der Waals surface area contributed by atoms with Crippen LogP contribution in [0.4, 0.5) is 0 Å². The summed E-state index contributed by atoms with van der Waals surface area (Å²) in [5.74, 6) is -0.227. The van der Waals surface area contributed by atoms with E-state index in [4.69, 9.17) is 0 Å². The van der Waals surface area contributed by atoms with Gasteiger partial charge in [0.25, 0.3) is 5.91 Å². The van der Waals surface area contributed by atoms with Gasteiger partial charge in [-0.05, 0) is 25.0 Å². The first-order valence-electron chi connectivity index (χ1n) is 7.21. The Hall–Kier alpha value is -2.21. The first-order valence-corrected chi connectivity index (χ1v) is 8.09. The van der Waals surface area contributed by atoms with Gasteiger partial charge in [-0.25, -0.2) is 4.98 Å². The molecule has 1 aliphatic heterocycles. The van der Waals surface area contributed by atoms with E-state index < -0.39 is 0 Å². The molecule has 3 rings (SSSR count). The Morgan fingerprint density at radius 2 is 2.27 bits per heavy atom. The number of nitrogens with zero attached hydrogens (tertiary/aromatic N) is 2. The molecular weight excluding hydrogens is 298 g/mol. The van der Waals surface area contributed by atoms with E-state index in [1.807, 2.05) is 36.6 Å². The molecule has 0 aliphatic carbocycles. The van der Waals surface area contributed by atoms with Crippen molar-refractivity contribution in [1.82, 2.24) is 15.2 Å². The average molecular weight is 315 g/mol. The number of thiazole rings is 1. The van der Waals surface area contributed by atoms with Gasteiger partial charge in [-0.15, -0.1) is 11.3 Å². The van der Waals surface area contributed by atoms with Gasteiger partial charge in [-0.2, -0.15) is 0 Å². The van der Waals surface area contributed by atoms with Crippen molar-refractivity contribution >= 4 is 23.2 Å². The Morgan fingerprint density at radius 1 is 1.45 bits per heavy atom. The molecule has 0 spiro atoms. The van der Waals surface area contributed by atoms with Gasteiger partial charge >= 0.3 is 0 Å². The zero-order valence-electron chi connectivity index (χ0n) is 12.3. The lowest BCUT2D eigenvalue weighted by molar-refractivity contribution is -0.122. The molecule has 1 N–H and O–H groups in total. The molecule has 1 aromatic heterocycles. The predicted octanol–water partition coefficient (Wildman–Crippen LogP) is 2.02. The predicted molar refractivity (Wildman–Crippen MR) is 84.7 cm³/mol. The second-order valence-electron chi connectivity index (χ2n) is 5.29. The number of amides is 2. The van der Waals surface area contributed by atoms with Crippen LogP contribution in [0.15, 0.2) is 35.8 Å². The second-order valence-corrected chi connectivity index (χ2v) is 6.22. The maximum atomic E-state index is 12.4. The highest BCUT2D eigenvalue weighted by molar-refractivity contribution is 7.09. The summed E-state index contributed by atoms with van der Waals surface area (Å²) in [6.45, 7) is 2.56. The summed E-state index contributed by atoms with van der Waals surface area (Å²) < 4.78 is 0. The average Bonchev–Trinajstić information content (AvgIpc) is 3.05. The first-order chi connectivity index (χ1) is 10.6. The minimum absolute atomic E-state index is 0.0705. The molecule has 114 valence electrons. The smallest absolute Gasteiger partial charge is 0.254 e. The van der Waals surface area contributed by atoms with Gasteiger partial charge in [-0.1, -0.05) is 18.2 Å². The molecule has 1 aliphatic rings. The first kappa shape index (κ1) is 14.7. The van der Waals surface area contributed by atoms with Gasteiger partial charge < -0.3 is 10.2 Å². The van der Waals surface area contributed by atoms with Crippen molar-refractivity contribution in [3.8, 4) is 0 Å². The summed E-state index contributed by atoms with van der Waals surface area (Å²) >= 11 is 1.50. The third-order valence-electron chi connectivity index (χ3n) is 3.72. The third-order valence-corrected chi connectivity index (χ3v) is 4.68. The number of rotatable bonds is 4. The number of aromatic nitrogens is 1. The van der Waals surface area contributed by atoms with E-state index >= 15 is 0 Å². The summed E-state index contributed by atoms with van der Waals surface area (Å²) in [6, 6.07) is 7.43. The van der Waals surface area contributed by atoms with E-state index in [0.29, 0.717) is 12.1 Å². The number of hydrogen-bond donors (Lipinski definition) is 1. The number of hydrogen-bond acceptors (Lipinski definition) is 4. The molecule has 2 amide bonds. The van der Waals surface area contributed by atoms with Crippen LogP contribution in [0, 0.1) is 0 Å². The quantitative estimate of drug-likeness (QED) is 0.939. The normalized spacial score (nSPS) is 15.3. The Labute approximate surface area is 133 Å². The van der Waals surface area contributed by atoms with Gasteiger partial charge in [0.15, 0.2) is 0 Å². The molecule has 2 aromatic rings. The monoisotopic (exact) mass is 315 g/mol. The van der Waals surface area contributed by atoms with Crippen LogP contribution in [-0.4, -0.2) is 34.8 Å². The highest BCUT2D eigenvalue weighted by Crippen LogP contribution is 2.19. The van der Waals surface area contributed by atoms with Gasteiger partial charge in [0.1, 0.15) is 5.01 Å². The van der Waals surface area contributed by atoms with E-state index in [0.717, 1.165) is 17.0 Å². The third kappa shape index (κ3) is 3.01. The van der Waals surface area contributed by atoms with E-state index in [2.05, 4.69) is 10.3 Å². The van der Waals surface area contributed by atoms with Gasteiger partial charge in [0.05, 0.1) is 12.6 Å². The zero-order valence-corrected chi connectivity index (χ0v) is 13.1. The highest BCUT2D eigenvalue weighted by atomic mass is 32.1. The van der Waals surface area contributed by atoms with Crippen molar-refractivity contribution in [3.05, 3.63) is 52.0 Å². The Morgan fingerprint density at radius 3 is 3.05 bits per heavy atom. The number of fused-ring (bicyclic) bond motifs is 1. The Kier molecular flexibility index (Phi) is 4.20. The summed E-state index contributed by atoms with van der Waals surface area (Å²) in [7, 11) is 0. The van der Waals surface area contributed by atoms with Gasteiger partial charge in [0.2, 0.25) is 5.91 Å². The number of nitrogens with one attached hydrogen (secondary N) is 1. The van der Waals surface area contributed by atoms with Crippen LogP contribution in [0.3, 0.4) is 0 Å². The van der Waals surface area contributed by atoms with Gasteiger partial charge in [-0.3, -0.25) is 9.59 Å². The minimum Gasteiger partial charge on any atom is -0.346 e. The van der Waals surface area contributed by atoms with E-state index in [1.54, 1.807) is 11.1 Å². The molecule has 0 saturated carbocycles. The largest absolute Gasteiger partial charge is 0.346 e. The van der Waals surface area contributed by atoms with Crippen LogP contribution in [-0.2, 0) is 11.2 Å². The van der Waals surface area contributed by atoms with Crippen molar-refractivity contribution < 1.29 is 9.59 Å². The summed E-state index contributed by atoms with van der Waals surface area (Å²) in [5.41, 5.74) is 1.76. The lowest BCUT2D eigenvalue weighted by atomic mass is 9.99. The molecule has 5 nitrogen and oxygen atoms in total. The maximum absolute atomic E-state index is 12.4. The molecule has 2 heterocycles. The molecule has 1 unspecified atom stereocenters. The molecule has 0 fully saturated rings. The standard InChI is InChI=1S/C16H17N3O2S/c1-11(15-17-7-9-22-15)18-14(20)10-19-8-6-12-4-2-3-5-13(12)16(19)21/h2-5,7,9,11H,6,8,10H2,1H3,(H,18,20). The van der Waals surface area contributed by atoms with Crippen molar-refractivity contribution in [3.63, 3.8) is 0 Å². The fourth-order valence-corrected chi connectivity index (χ4v) is 3.24. The van der Waals surface area contributed by atoms with Crippen molar-refractivity contribution in [1.29, 1.82) is 0 Å². The lowest BCUT2D eigenvalue weighted by Crippen LogP contribution is -2.44. The fourth-order valence-electron chi connectivity index (χ4n) is 2.60. The van der Waals surface area contributed by atoms with Crippen LogP contribution in [0.5, 0.6) is 0 Å². The van der Waals surface area contributed by atoms with Crippen LogP contribution >= 0.6 is 11.3 Å². The van der Waals surface area contributed by atoms with Crippen molar-refractivity contribution in [2.75, 3.05) is 13.1 Å². The highest BCUT2D eigenvalue weighted by Gasteiger charge is 2.25. The lowest BCUT2D eigenvalue weighted by Gasteiger charge is -2.28.